The molecule has 1 fully saturated rings. The molecule has 5 rings (SSSR count). The molecule has 0 aromatic carbocycles. The van der Waals surface area contributed by atoms with Crippen LogP contribution >= 0.6 is 11.3 Å². The van der Waals surface area contributed by atoms with Crippen molar-refractivity contribution < 1.29 is 14.5 Å². The summed E-state index contributed by atoms with van der Waals surface area (Å²) in [6, 6.07) is 0. The van der Waals surface area contributed by atoms with Gasteiger partial charge in [-0.15, -0.1) is 0 Å². The maximum absolute atomic E-state index is 12.3. The second-order valence-electron chi connectivity index (χ2n) is 7.51. The van der Waals surface area contributed by atoms with Gasteiger partial charge in [0, 0.05) is 6.42 Å². The Morgan fingerprint density at radius 1 is 1.37 bits per heavy atom. The Balaban J connectivity index is 1.82. The van der Waals surface area contributed by atoms with Gasteiger partial charge in [0.25, 0.3) is 11.4 Å². The van der Waals surface area contributed by atoms with Gasteiger partial charge in [-0.25, -0.2) is 9.97 Å². The van der Waals surface area contributed by atoms with Gasteiger partial charge >= 0.3 is 0 Å². The fourth-order valence-corrected chi connectivity index (χ4v) is 5.15. The summed E-state index contributed by atoms with van der Waals surface area (Å²) in [5.41, 5.74) is 2.97. The van der Waals surface area contributed by atoms with Crippen molar-refractivity contribution in [2.75, 3.05) is 31.2 Å². The number of ether oxygens (including phenoxy) is 2. The van der Waals surface area contributed by atoms with Crippen LogP contribution in [0.1, 0.15) is 31.4 Å². The van der Waals surface area contributed by atoms with E-state index in [0.29, 0.717) is 11.3 Å². The highest BCUT2D eigenvalue weighted by molar-refractivity contribution is 7.25. The van der Waals surface area contributed by atoms with Crippen molar-refractivity contribution in [1.29, 1.82) is 0 Å². The summed E-state index contributed by atoms with van der Waals surface area (Å²) in [6.45, 7) is 8.05. The van der Waals surface area contributed by atoms with Crippen LogP contribution in [0.25, 0.3) is 20.4 Å². The van der Waals surface area contributed by atoms with E-state index in [1.54, 1.807) is 0 Å². The van der Waals surface area contributed by atoms with Crippen molar-refractivity contribution >= 4 is 37.6 Å². The minimum atomic E-state index is -0.195. The molecule has 2 aliphatic heterocycles. The number of anilines is 1. The molecule has 1 saturated heterocycles. The highest BCUT2D eigenvalue weighted by atomic mass is 32.1. The normalized spacial score (nSPS) is 23.1. The Bertz CT molecular complexity index is 1090. The first-order chi connectivity index (χ1) is 13.1. The van der Waals surface area contributed by atoms with Crippen LogP contribution in [0.2, 0.25) is 0 Å². The molecule has 3 aromatic heterocycles. The highest BCUT2D eigenvalue weighted by Gasteiger charge is 2.37. The summed E-state index contributed by atoms with van der Waals surface area (Å²) in [4.78, 5) is 26.5. The average Bonchev–Trinajstić information content (AvgIpc) is 3.08. The number of H-pyrrole nitrogens is 2. The third kappa shape index (κ3) is 2.66. The van der Waals surface area contributed by atoms with Crippen molar-refractivity contribution in [2.45, 2.75) is 38.9 Å². The van der Waals surface area contributed by atoms with Crippen LogP contribution in [0.4, 0.5) is 5.82 Å². The average molecular weight is 387 g/mol. The lowest BCUT2D eigenvalue weighted by Gasteiger charge is -2.35. The number of nitrogens with zero attached hydrogens (tertiary/aromatic N) is 2. The maximum Gasteiger partial charge on any atom is 0.281 e. The van der Waals surface area contributed by atoms with Crippen molar-refractivity contribution in [3.8, 4) is 0 Å². The van der Waals surface area contributed by atoms with Crippen molar-refractivity contribution in [3.63, 3.8) is 0 Å². The molecule has 0 unspecified atom stereocenters. The summed E-state index contributed by atoms with van der Waals surface area (Å²) >= 11 is 1.49. The van der Waals surface area contributed by atoms with E-state index in [4.69, 9.17) is 9.47 Å². The van der Waals surface area contributed by atoms with Crippen LogP contribution < -0.4 is 15.4 Å². The van der Waals surface area contributed by atoms with Crippen LogP contribution in [-0.2, 0) is 22.5 Å². The number of hydrogen-bond donors (Lipinski definition) is 1. The molecule has 8 heteroatoms. The Hall–Kier alpha value is -2.03. The van der Waals surface area contributed by atoms with Gasteiger partial charge in [0.1, 0.15) is 23.3 Å². The first-order valence-electron chi connectivity index (χ1n) is 9.43. The molecule has 0 saturated carbocycles. The van der Waals surface area contributed by atoms with E-state index < -0.39 is 0 Å². The summed E-state index contributed by atoms with van der Waals surface area (Å²) in [6.07, 6.45) is 3.26. The Morgan fingerprint density at radius 2 is 2.19 bits per heavy atom. The smallest absolute Gasteiger partial charge is 0.281 e. The van der Waals surface area contributed by atoms with Crippen LogP contribution in [-0.4, -0.2) is 41.9 Å². The second kappa shape index (κ2) is 6.25. The number of hydrogen-bond acceptors (Lipinski definition) is 6. The highest BCUT2D eigenvalue weighted by Crippen LogP contribution is 2.41. The lowest BCUT2D eigenvalue weighted by atomic mass is 9.87. The number of aromatic amines is 2. The molecule has 5 heterocycles. The van der Waals surface area contributed by atoms with E-state index >= 15 is 0 Å². The van der Waals surface area contributed by atoms with Crippen LogP contribution in [0, 0.1) is 0 Å². The Kier molecular flexibility index (Phi) is 3.96. The molecule has 0 bridgehead atoms. The molecule has 0 amide bonds. The summed E-state index contributed by atoms with van der Waals surface area (Å²) in [5, 5.41) is 1.08. The van der Waals surface area contributed by atoms with Gasteiger partial charge in [-0.3, -0.25) is 9.69 Å². The van der Waals surface area contributed by atoms with E-state index in [-0.39, 0.29) is 11.2 Å². The maximum atomic E-state index is 12.3. The lowest BCUT2D eigenvalue weighted by Crippen LogP contribution is -2.42. The van der Waals surface area contributed by atoms with Crippen LogP contribution in [0.3, 0.4) is 0 Å². The fourth-order valence-electron chi connectivity index (χ4n) is 4.07. The van der Waals surface area contributed by atoms with Crippen molar-refractivity contribution in [1.82, 2.24) is 9.97 Å². The zero-order chi connectivity index (χ0) is 18.6. The molecule has 142 valence electrons. The van der Waals surface area contributed by atoms with Crippen LogP contribution in [0.15, 0.2) is 11.1 Å². The number of rotatable bonds is 2. The molecular formula is C19H23N4O3S+. The monoisotopic (exact) mass is 387 g/mol. The number of fused-ring (bicyclic) bond motifs is 5. The molecule has 2 N–H and O–H groups in total. The van der Waals surface area contributed by atoms with E-state index in [1.807, 2.05) is 0 Å². The SMILES string of the molecule is CC[C@@]1(C)Cc2c(c(N3CCOCC3)[nH+]c3sc4c(=O)[nH]cnc4c23)CO1. The Labute approximate surface area is 160 Å². The van der Waals surface area contributed by atoms with E-state index in [0.717, 1.165) is 60.7 Å². The van der Waals surface area contributed by atoms with Crippen molar-refractivity contribution in [2.24, 2.45) is 0 Å². The topological polar surface area (TPSA) is 81.6 Å². The van der Waals surface area contributed by atoms with Crippen LogP contribution in [0.5, 0.6) is 0 Å². The number of pyridine rings is 1. The molecule has 2 aliphatic rings. The van der Waals surface area contributed by atoms with E-state index in [9.17, 15) is 4.79 Å². The lowest BCUT2D eigenvalue weighted by molar-refractivity contribution is -0.329. The quantitative estimate of drug-likeness (QED) is 0.728. The zero-order valence-electron chi connectivity index (χ0n) is 15.6. The zero-order valence-corrected chi connectivity index (χ0v) is 16.4. The number of aromatic nitrogens is 3. The fraction of sp³-hybridized carbons (Fsp3) is 0.526. The standard InChI is InChI=1S/C19H22N4O3S/c1-3-19(2)8-11-12(9-26-19)16(23-4-6-25-7-5-23)22-18-13(11)14-15(27-18)17(24)21-10-20-14/h10H,3-9H2,1-2H3,(H,20,21,24)/p+1/t19-/m0/s1. The molecule has 0 spiro atoms. The van der Waals surface area contributed by atoms with Crippen molar-refractivity contribution in [3.05, 3.63) is 27.8 Å². The molecule has 0 aliphatic carbocycles. The van der Waals surface area contributed by atoms with Gasteiger partial charge in [0.05, 0.1) is 42.7 Å². The van der Waals surface area contributed by atoms with E-state index in [1.165, 1.54) is 28.8 Å². The van der Waals surface area contributed by atoms with Gasteiger partial charge in [0.2, 0.25) is 0 Å². The predicted molar refractivity (Wildman–Crippen MR) is 105 cm³/mol. The number of nitrogens with one attached hydrogen (secondary N) is 2. The molecule has 3 aromatic rings. The number of thiophene rings is 1. The molecule has 1 atom stereocenters. The molecule has 0 radical (unpaired) electrons. The summed E-state index contributed by atoms with van der Waals surface area (Å²) in [7, 11) is 0. The van der Waals surface area contributed by atoms with Gasteiger partial charge in [-0.2, -0.15) is 0 Å². The largest absolute Gasteiger partial charge is 0.373 e. The molecular weight excluding hydrogens is 364 g/mol. The second-order valence-corrected chi connectivity index (χ2v) is 8.54. The molecule has 7 nitrogen and oxygen atoms in total. The van der Waals surface area contributed by atoms with E-state index in [2.05, 4.69) is 33.7 Å². The van der Waals surface area contributed by atoms with Gasteiger partial charge in [0.15, 0.2) is 4.83 Å². The third-order valence-corrected chi connectivity index (χ3v) is 6.95. The summed E-state index contributed by atoms with van der Waals surface area (Å²) in [5.74, 6) is 1.10. The number of morpholine rings is 1. The summed E-state index contributed by atoms with van der Waals surface area (Å²) < 4.78 is 12.5. The minimum absolute atomic E-state index is 0.0819. The molecule has 27 heavy (non-hydrogen) atoms. The first kappa shape index (κ1) is 17.1. The van der Waals surface area contributed by atoms with Gasteiger partial charge in [-0.05, 0) is 18.9 Å². The Morgan fingerprint density at radius 3 is 2.96 bits per heavy atom. The van der Waals surface area contributed by atoms with Gasteiger partial charge < -0.3 is 14.5 Å². The third-order valence-electron chi connectivity index (χ3n) is 5.85. The predicted octanol–water partition coefficient (Wildman–Crippen LogP) is 2.03. The first-order valence-corrected chi connectivity index (χ1v) is 10.2. The van der Waals surface area contributed by atoms with Gasteiger partial charge in [-0.1, -0.05) is 18.3 Å². The minimum Gasteiger partial charge on any atom is -0.373 e.